The second-order valence-electron chi connectivity index (χ2n) is 11.9. The van der Waals surface area contributed by atoms with Crippen molar-refractivity contribution >= 4 is 17.8 Å². The predicted octanol–water partition coefficient (Wildman–Crippen LogP) is 3.73. The number of aromatic hydroxyl groups is 1. The molecule has 0 saturated carbocycles. The SMILES string of the molecule is CC(CN(CCc1ccc2c(c1)OCO2)C(=O)C1CCN(C(N)=O)CC1)[C@H](Cc1ccccc1)NC(=O)COc1cccc(O)c1. The Bertz CT molecular complexity index is 1490. The summed E-state index contributed by atoms with van der Waals surface area (Å²) in [4.78, 5) is 42.3. The van der Waals surface area contributed by atoms with Crippen LogP contribution in [0.2, 0.25) is 0 Å². The molecule has 1 unspecified atom stereocenters. The summed E-state index contributed by atoms with van der Waals surface area (Å²) in [5.41, 5.74) is 7.57. The van der Waals surface area contributed by atoms with Gasteiger partial charge >= 0.3 is 6.03 Å². The van der Waals surface area contributed by atoms with E-state index in [2.05, 4.69) is 5.32 Å². The number of fused-ring (bicyclic) bond motifs is 1. The van der Waals surface area contributed by atoms with Crippen LogP contribution in [0.4, 0.5) is 4.79 Å². The van der Waals surface area contributed by atoms with E-state index in [1.165, 1.54) is 12.1 Å². The molecule has 4 N–H and O–H groups in total. The fourth-order valence-corrected chi connectivity index (χ4v) is 5.96. The van der Waals surface area contributed by atoms with Crippen LogP contribution in [-0.2, 0) is 22.4 Å². The number of carbonyl (C=O) groups is 3. The Morgan fingerprint density at radius 1 is 1.00 bits per heavy atom. The minimum absolute atomic E-state index is 0.0359. The summed E-state index contributed by atoms with van der Waals surface area (Å²) in [5.74, 6) is 1.25. The lowest BCUT2D eigenvalue weighted by molar-refractivity contribution is -0.137. The summed E-state index contributed by atoms with van der Waals surface area (Å²) >= 11 is 0. The first-order valence-corrected chi connectivity index (χ1v) is 15.7. The molecule has 11 heteroatoms. The third-order valence-corrected chi connectivity index (χ3v) is 8.60. The normalized spacial score (nSPS) is 15.5. The highest BCUT2D eigenvalue weighted by atomic mass is 16.7. The summed E-state index contributed by atoms with van der Waals surface area (Å²) < 4.78 is 16.6. The highest BCUT2D eigenvalue weighted by Gasteiger charge is 2.32. The van der Waals surface area contributed by atoms with Gasteiger partial charge in [0.1, 0.15) is 11.5 Å². The van der Waals surface area contributed by atoms with Gasteiger partial charge in [-0.1, -0.05) is 49.4 Å². The molecule has 0 bridgehead atoms. The van der Waals surface area contributed by atoms with Crippen molar-refractivity contribution in [3.63, 3.8) is 0 Å². The van der Waals surface area contributed by atoms with Crippen LogP contribution < -0.4 is 25.3 Å². The summed E-state index contributed by atoms with van der Waals surface area (Å²) in [5, 5.41) is 12.9. The molecule has 3 aromatic rings. The van der Waals surface area contributed by atoms with Gasteiger partial charge in [-0.3, -0.25) is 9.59 Å². The summed E-state index contributed by atoms with van der Waals surface area (Å²) in [6, 6.07) is 21.3. The number of likely N-dealkylation sites (tertiary alicyclic amines) is 1. The van der Waals surface area contributed by atoms with Crippen molar-refractivity contribution in [3.05, 3.63) is 83.9 Å². The number of nitrogens with zero attached hydrogens (tertiary/aromatic N) is 2. The minimum atomic E-state index is -0.466. The van der Waals surface area contributed by atoms with Crippen molar-refractivity contribution in [3.8, 4) is 23.0 Å². The van der Waals surface area contributed by atoms with Gasteiger partial charge in [-0.2, -0.15) is 0 Å². The number of hydrogen-bond acceptors (Lipinski definition) is 7. The number of benzene rings is 3. The first-order valence-electron chi connectivity index (χ1n) is 15.7. The summed E-state index contributed by atoms with van der Waals surface area (Å²) in [6.45, 7) is 3.81. The Morgan fingerprint density at radius 2 is 1.76 bits per heavy atom. The highest BCUT2D eigenvalue weighted by Crippen LogP contribution is 2.33. The molecule has 0 spiro atoms. The predicted molar refractivity (Wildman–Crippen MR) is 172 cm³/mol. The van der Waals surface area contributed by atoms with Crippen molar-refractivity contribution in [1.29, 1.82) is 0 Å². The van der Waals surface area contributed by atoms with Crippen LogP contribution in [0.15, 0.2) is 72.8 Å². The van der Waals surface area contributed by atoms with E-state index in [-0.39, 0.29) is 48.8 Å². The fourth-order valence-electron chi connectivity index (χ4n) is 5.96. The van der Waals surface area contributed by atoms with Crippen LogP contribution >= 0.6 is 0 Å². The largest absolute Gasteiger partial charge is 0.508 e. The lowest BCUT2D eigenvalue weighted by Crippen LogP contribution is -2.50. The molecule has 5 rings (SSSR count). The van der Waals surface area contributed by atoms with E-state index in [9.17, 15) is 19.5 Å². The number of carbonyl (C=O) groups excluding carboxylic acids is 3. The van der Waals surface area contributed by atoms with Crippen LogP contribution in [0.3, 0.4) is 0 Å². The average Bonchev–Trinajstić information content (AvgIpc) is 3.54. The lowest BCUT2D eigenvalue weighted by Gasteiger charge is -2.36. The monoisotopic (exact) mass is 630 g/mol. The van der Waals surface area contributed by atoms with Gasteiger partial charge in [0.05, 0.1) is 0 Å². The topological polar surface area (TPSA) is 144 Å². The molecule has 2 atom stereocenters. The standard InChI is InChI=1S/C35H42N4O7/c1-24(30(18-25-6-3-2-4-7-25)37-33(41)22-44-29-9-5-8-28(40)20-29)21-39(34(42)27-13-16-38(17-14-27)35(36)43)15-12-26-10-11-31-32(19-26)46-23-45-31/h2-11,19-20,24,27,30,40H,12-18,21-23H2,1H3,(H2,36,43)(H,37,41)/t24?,30-/m0/s1. The van der Waals surface area contributed by atoms with Gasteiger partial charge in [0.2, 0.25) is 12.7 Å². The number of piperidine rings is 1. The van der Waals surface area contributed by atoms with Gasteiger partial charge in [0.15, 0.2) is 18.1 Å². The van der Waals surface area contributed by atoms with Crippen molar-refractivity contribution in [2.45, 2.75) is 38.6 Å². The first kappa shape index (κ1) is 32.5. The zero-order valence-corrected chi connectivity index (χ0v) is 26.1. The van der Waals surface area contributed by atoms with Crippen molar-refractivity contribution in [2.75, 3.05) is 39.6 Å². The Kier molecular flexibility index (Phi) is 10.9. The molecule has 0 radical (unpaired) electrons. The third kappa shape index (κ3) is 8.83. The summed E-state index contributed by atoms with van der Waals surface area (Å²) in [6.07, 6.45) is 2.28. The molecule has 3 aromatic carbocycles. The minimum Gasteiger partial charge on any atom is -0.508 e. The van der Waals surface area contributed by atoms with Gasteiger partial charge in [-0.15, -0.1) is 0 Å². The molecule has 2 aliphatic heterocycles. The summed E-state index contributed by atoms with van der Waals surface area (Å²) in [7, 11) is 0. The number of nitrogens with two attached hydrogens (primary N) is 1. The zero-order chi connectivity index (χ0) is 32.5. The van der Waals surface area contributed by atoms with Crippen LogP contribution in [-0.4, -0.2) is 78.4 Å². The number of rotatable bonds is 13. The highest BCUT2D eigenvalue weighted by molar-refractivity contribution is 5.80. The van der Waals surface area contributed by atoms with Gasteiger partial charge in [0.25, 0.3) is 5.91 Å². The number of primary amides is 1. The van der Waals surface area contributed by atoms with E-state index in [1.54, 1.807) is 17.0 Å². The van der Waals surface area contributed by atoms with E-state index in [0.717, 1.165) is 11.1 Å². The van der Waals surface area contributed by atoms with Crippen molar-refractivity contribution in [2.24, 2.45) is 17.6 Å². The van der Waals surface area contributed by atoms with Gasteiger partial charge in [-0.05, 0) is 67.0 Å². The molecule has 4 amide bonds. The fraction of sp³-hybridized carbons (Fsp3) is 0.400. The van der Waals surface area contributed by atoms with E-state index in [4.69, 9.17) is 19.9 Å². The van der Waals surface area contributed by atoms with Crippen LogP contribution in [0.25, 0.3) is 0 Å². The molecular formula is C35H42N4O7. The maximum atomic E-state index is 14.0. The molecule has 1 fully saturated rings. The molecule has 244 valence electrons. The van der Waals surface area contributed by atoms with E-state index < -0.39 is 6.03 Å². The Labute approximate surface area is 269 Å². The smallest absolute Gasteiger partial charge is 0.314 e. The number of urea groups is 1. The van der Waals surface area contributed by atoms with E-state index >= 15 is 0 Å². The molecule has 0 aromatic heterocycles. The Morgan fingerprint density at radius 3 is 2.50 bits per heavy atom. The van der Waals surface area contributed by atoms with Crippen LogP contribution in [0, 0.1) is 11.8 Å². The second kappa shape index (κ2) is 15.4. The molecule has 11 nitrogen and oxygen atoms in total. The second-order valence-corrected chi connectivity index (χ2v) is 11.9. The maximum Gasteiger partial charge on any atom is 0.314 e. The number of ether oxygens (including phenoxy) is 3. The molecule has 1 saturated heterocycles. The Hall–Kier alpha value is -4.93. The Balaban J connectivity index is 1.29. The number of phenolic OH excluding ortho intramolecular Hbond substituents is 1. The number of amides is 4. The van der Waals surface area contributed by atoms with Crippen LogP contribution in [0.5, 0.6) is 23.0 Å². The van der Waals surface area contributed by atoms with E-state index in [0.29, 0.717) is 69.1 Å². The molecule has 2 aliphatic rings. The molecule has 46 heavy (non-hydrogen) atoms. The van der Waals surface area contributed by atoms with Crippen molar-refractivity contribution in [1.82, 2.24) is 15.1 Å². The molecular weight excluding hydrogens is 588 g/mol. The number of phenols is 1. The third-order valence-electron chi connectivity index (χ3n) is 8.60. The van der Waals surface area contributed by atoms with Crippen molar-refractivity contribution < 1.29 is 33.7 Å². The molecule has 0 aliphatic carbocycles. The maximum absolute atomic E-state index is 14.0. The van der Waals surface area contributed by atoms with Gasteiger partial charge in [0, 0.05) is 44.2 Å². The van der Waals surface area contributed by atoms with Crippen LogP contribution in [0.1, 0.15) is 30.9 Å². The van der Waals surface area contributed by atoms with Gasteiger partial charge < -0.3 is 40.2 Å². The average molecular weight is 631 g/mol. The van der Waals surface area contributed by atoms with Gasteiger partial charge in [-0.25, -0.2) is 4.79 Å². The van der Waals surface area contributed by atoms with E-state index in [1.807, 2.05) is 60.4 Å². The zero-order valence-electron chi connectivity index (χ0n) is 26.1. The first-order chi connectivity index (χ1) is 22.2. The number of hydrogen-bond donors (Lipinski definition) is 3. The molecule has 2 heterocycles. The number of nitrogens with one attached hydrogen (secondary N) is 1. The quantitative estimate of drug-likeness (QED) is 0.261. The lowest BCUT2D eigenvalue weighted by atomic mass is 9.92.